The van der Waals surface area contributed by atoms with Crippen molar-refractivity contribution in [3.63, 3.8) is 0 Å². The van der Waals surface area contributed by atoms with Gasteiger partial charge in [-0.15, -0.1) is 0 Å². The van der Waals surface area contributed by atoms with Crippen LogP contribution in [0, 0.1) is 21.4 Å². The standard InChI is InChI=1S/C11H10N2O5/c1-7(11(14)17-2)18-10-4-3-8(6-12)5-9(10)13(15)16/h3-5,7H,1-2H3. The summed E-state index contributed by atoms with van der Waals surface area (Å²) in [6.07, 6.45) is -0.971. The van der Waals surface area contributed by atoms with E-state index in [0.29, 0.717) is 0 Å². The first kappa shape index (κ1) is 13.4. The van der Waals surface area contributed by atoms with E-state index in [4.69, 9.17) is 10.00 Å². The van der Waals surface area contributed by atoms with Gasteiger partial charge in [-0.2, -0.15) is 5.26 Å². The Morgan fingerprint density at radius 1 is 1.56 bits per heavy atom. The van der Waals surface area contributed by atoms with Gasteiger partial charge in [-0.1, -0.05) is 0 Å². The number of hydrogen-bond acceptors (Lipinski definition) is 6. The Hall–Kier alpha value is -2.62. The van der Waals surface area contributed by atoms with Gasteiger partial charge in [0, 0.05) is 6.07 Å². The summed E-state index contributed by atoms with van der Waals surface area (Å²) in [4.78, 5) is 21.3. The lowest BCUT2D eigenvalue weighted by molar-refractivity contribution is -0.386. The average Bonchev–Trinajstić information content (AvgIpc) is 2.37. The fourth-order valence-electron chi connectivity index (χ4n) is 1.23. The van der Waals surface area contributed by atoms with E-state index in [1.165, 1.54) is 26.2 Å². The summed E-state index contributed by atoms with van der Waals surface area (Å²) >= 11 is 0. The molecule has 0 radical (unpaired) electrons. The van der Waals surface area contributed by atoms with E-state index in [2.05, 4.69) is 4.74 Å². The zero-order valence-electron chi connectivity index (χ0n) is 9.75. The van der Waals surface area contributed by atoms with Gasteiger partial charge >= 0.3 is 11.7 Å². The molecular formula is C11H10N2O5. The van der Waals surface area contributed by atoms with Crippen LogP contribution < -0.4 is 4.74 Å². The third-order valence-electron chi connectivity index (χ3n) is 2.12. The van der Waals surface area contributed by atoms with E-state index in [9.17, 15) is 14.9 Å². The van der Waals surface area contributed by atoms with Crippen molar-refractivity contribution in [3.8, 4) is 11.8 Å². The summed E-state index contributed by atoms with van der Waals surface area (Å²) in [6, 6.07) is 5.51. The maximum atomic E-state index is 11.2. The minimum atomic E-state index is -0.971. The largest absolute Gasteiger partial charge is 0.472 e. The number of nitrogens with zero attached hydrogens (tertiary/aromatic N) is 2. The number of carbonyl (C=O) groups is 1. The highest BCUT2D eigenvalue weighted by molar-refractivity contribution is 5.74. The number of esters is 1. The quantitative estimate of drug-likeness (QED) is 0.454. The summed E-state index contributed by atoms with van der Waals surface area (Å²) in [5.41, 5.74) is -0.232. The van der Waals surface area contributed by atoms with Crippen molar-refractivity contribution in [2.75, 3.05) is 7.11 Å². The average molecular weight is 250 g/mol. The lowest BCUT2D eigenvalue weighted by Crippen LogP contribution is -2.25. The molecule has 1 unspecified atom stereocenters. The monoisotopic (exact) mass is 250 g/mol. The molecule has 1 atom stereocenters. The Morgan fingerprint density at radius 2 is 2.22 bits per heavy atom. The van der Waals surface area contributed by atoms with Crippen molar-refractivity contribution < 1.29 is 19.2 Å². The minimum Gasteiger partial charge on any atom is -0.472 e. The smallest absolute Gasteiger partial charge is 0.346 e. The van der Waals surface area contributed by atoms with Gasteiger partial charge in [0.2, 0.25) is 0 Å². The number of carbonyl (C=O) groups excluding carboxylic acids is 1. The normalized spacial score (nSPS) is 11.2. The van der Waals surface area contributed by atoms with Crippen molar-refractivity contribution in [1.82, 2.24) is 0 Å². The molecule has 0 aliphatic carbocycles. The van der Waals surface area contributed by atoms with Gasteiger partial charge in [-0.25, -0.2) is 4.79 Å². The van der Waals surface area contributed by atoms with Crippen LogP contribution in [0.25, 0.3) is 0 Å². The predicted molar refractivity (Wildman–Crippen MR) is 59.9 cm³/mol. The maximum absolute atomic E-state index is 11.2. The second-order valence-corrected chi connectivity index (χ2v) is 3.33. The van der Waals surface area contributed by atoms with Gasteiger partial charge in [-0.3, -0.25) is 10.1 Å². The number of rotatable bonds is 4. The number of benzene rings is 1. The van der Waals surface area contributed by atoms with Crippen LogP contribution >= 0.6 is 0 Å². The van der Waals surface area contributed by atoms with Crippen LogP contribution in [0.3, 0.4) is 0 Å². The molecule has 1 rings (SSSR count). The number of nitro benzene ring substituents is 1. The van der Waals surface area contributed by atoms with Crippen LogP contribution in [0.5, 0.6) is 5.75 Å². The summed E-state index contributed by atoms with van der Waals surface area (Å²) < 4.78 is 9.58. The zero-order chi connectivity index (χ0) is 13.7. The first-order valence-electron chi connectivity index (χ1n) is 4.92. The highest BCUT2D eigenvalue weighted by Gasteiger charge is 2.21. The number of nitro groups is 1. The van der Waals surface area contributed by atoms with E-state index in [0.717, 1.165) is 6.07 Å². The SMILES string of the molecule is COC(=O)C(C)Oc1ccc(C#N)cc1[N+](=O)[O-]. The van der Waals surface area contributed by atoms with Crippen molar-refractivity contribution in [2.45, 2.75) is 13.0 Å². The Morgan fingerprint density at radius 3 is 2.72 bits per heavy atom. The molecule has 94 valence electrons. The molecule has 0 aromatic heterocycles. The van der Waals surface area contributed by atoms with E-state index in [1.807, 2.05) is 0 Å². The molecule has 0 spiro atoms. The highest BCUT2D eigenvalue weighted by atomic mass is 16.6. The third-order valence-corrected chi connectivity index (χ3v) is 2.12. The van der Waals surface area contributed by atoms with Crippen molar-refractivity contribution in [1.29, 1.82) is 5.26 Å². The van der Waals surface area contributed by atoms with Crippen molar-refractivity contribution >= 4 is 11.7 Å². The van der Waals surface area contributed by atoms with Crippen LogP contribution in [-0.4, -0.2) is 24.1 Å². The van der Waals surface area contributed by atoms with Crippen LogP contribution in [-0.2, 0) is 9.53 Å². The molecule has 0 aliphatic rings. The molecule has 1 aromatic rings. The van der Waals surface area contributed by atoms with Crippen molar-refractivity contribution in [3.05, 3.63) is 33.9 Å². The molecule has 0 fully saturated rings. The summed E-state index contributed by atoms with van der Waals surface area (Å²) in [5, 5.41) is 19.5. The summed E-state index contributed by atoms with van der Waals surface area (Å²) in [5.74, 6) is -0.731. The number of nitriles is 1. The van der Waals surface area contributed by atoms with E-state index in [-0.39, 0.29) is 17.0 Å². The Balaban J connectivity index is 3.06. The predicted octanol–water partition coefficient (Wildman–Crippen LogP) is 1.41. The second-order valence-electron chi connectivity index (χ2n) is 3.33. The topological polar surface area (TPSA) is 102 Å². The Kier molecular flexibility index (Phi) is 4.21. The molecule has 0 N–H and O–H groups in total. The first-order chi connectivity index (χ1) is 8.49. The van der Waals surface area contributed by atoms with Gasteiger partial charge in [0.1, 0.15) is 0 Å². The zero-order valence-corrected chi connectivity index (χ0v) is 9.75. The fraction of sp³-hybridized carbons (Fsp3) is 0.273. The van der Waals surface area contributed by atoms with Gasteiger partial charge in [0.05, 0.1) is 23.7 Å². The number of hydrogen-bond donors (Lipinski definition) is 0. The second kappa shape index (κ2) is 5.63. The van der Waals surface area contributed by atoms with Gasteiger partial charge < -0.3 is 9.47 Å². The summed E-state index contributed by atoms with van der Waals surface area (Å²) in [6.45, 7) is 1.41. The van der Waals surface area contributed by atoms with Crippen LogP contribution in [0.4, 0.5) is 5.69 Å². The molecule has 0 aliphatic heterocycles. The molecule has 7 nitrogen and oxygen atoms in total. The lowest BCUT2D eigenvalue weighted by atomic mass is 10.2. The Labute approximate surface area is 103 Å². The van der Waals surface area contributed by atoms with E-state index >= 15 is 0 Å². The van der Waals surface area contributed by atoms with Crippen LogP contribution in [0.15, 0.2) is 18.2 Å². The van der Waals surface area contributed by atoms with Crippen molar-refractivity contribution in [2.24, 2.45) is 0 Å². The van der Waals surface area contributed by atoms with Gasteiger partial charge in [0.25, 0.3) is 0 Å². The van der Waals surface area contributed by atoms with Gasteiger partial charge in [-0.05, 0) is 19.1 Å². The van der Waals surface area contributed by atoms with E-state index < -0.39 is 17.0 Å². The maximum Gasteiger partial charge on any atom is 0.346 e. The Bertz CT molecular complexity index is 521. The molecule has 0 bridgehead atoms. The van der Waals surface area contributed by atoms with Crippen LogP contribution in [0.2, 0.25) is 0 Å². The molecule has 0 amide bonds. The molecule has 0 heterocycles. The third kappa shape index (κ3) is 2.95. The molecule has 18 heavy (non-hydrogen) atoms. The minimum absolute atomic E-state index is 0.0862. The molecular weight excluding hydrogens is 240 g/mol. The highest BCUT2D eigenvalue weighted by Crippen LogP contribution is 2.28. The molecule has 1 aromatic carbocycles. The number of ether oxygens (including phenoxy) is 2. The lowest BCUT2D eigenvalue weighted by Gasteiger charge is -2.12. The number of methoxy groups -OCH3 is 1. The fourth-order valence-corrected chi connectivity index (χ4v) is 1.23. The van der Waals surface area contributed by atoms with E-state index in [1.54, 1.807) is 6.07 Å². The van der Waals surface area contributed by atoms with Gasteiger partial charge in [0.15, 0.2) is 11.9 Å². The van der Waals surface area contributed by atoms with Crippen LogP contribution in [0.1, 0.15) is 12.5 Å². The summed E-state index contributed by atoms with van der Waals surface area (Å²) in [7, 11) is 1.19. The molecule has 7 heteroatoms. The molecule has 0 saturated carbocycles. The molecule has 0 saturated heterocycles. The first-order valence-corrected chi connectivity index (χ1v) is 4.92.